The Bertz CT molecular complexity index is 491. The molecule has 8 nitrogen and oxygen atoms in total. The molecular weight excluding hydrogens is 424 g/mol. The van der Waals surface area contributed by atoms with Crippen LogP contribution in [0.3, 0.4) is 0 Å². The van der Waals surface area contributed by atoms with Gasteiger partial charge in [-0.1, -0.05) is 0 Å². The molecule has 0 aliphatic rings. The minimum Gasteiger partial charge on any atom is 1.00 e. The molecule has 0 N–H and O–H groups in total. The smallest absolute Gasteiger partial charge is 1.00 e. The first-order chi connectivity index (χ1) is 7.71. The topological polar surface area (TPSA) is 183 Å². The molecule has 0 saturated carbocycles. The maximum absolute atomic E-state index is 8.89. The van der Waals surface area contributed by atoms with Crippen LogP contribution in [-0.2, 0) is 15.5 Å². The molecule has 0 saturated heterocycles. The maximum Gasteiger partial charge on any atom is 1.00 e. The summed E-state index contributed by atoms with van der Waals surface area (Å²) in [6.07, 6.45) is 0. The van der Waals surface area contributed by atoms with Gasteiger partial charge in [0.1, 0.15) is 0 Å². The van der Waals surface area contributed by atoms with Gasteiger partial charge in [0, 0.05) is 5.97 Å². The monoisotopic (exact) mass is 427 g/mol. The van der Waals surface area contributed by atoms with Crippen LogP contribution in [-0.4, -0.2) is 5.97 Å². The van der Waals surface area contributed by atoms with Crippen LogP contribution in [0.25, 0.3) is 0 Å². The molecule has 0 heterocycles. The summed E-state index contributed by atoms with van der Waals surface area (Å²) < 4.78 is 0. The summed E-state index contributed by atoms with van der Waals surface area (Å²) in [5, 5.41) is 60.4. The van der Waals surface area contributed by atoms with Crippen molar-refractivity contribution in [3.63, 3.8) is 0 Å². The molecule has 0 rings (SSSR count). The number of aliphatic carboxylic acids is 1. The van der Waals surface area contributed by atoms with E-state index < -0.39 is 16.7 Å². The van der Waals surface area contributed by atoms with E-state index in [0.717, 1.165) is 36.7 Å². The Balaban J connectivity index is -0.0000000629. The maximum atomic E-state index is 8.89. The van der Waals surface area contributed by atoms with Gasteiger partial charge in [-0.3, -0.25) is 0 Å². The summed E-state index contributed by atoms with van der Waals surface area (Å²) in [5.41, 5.74) is 0. The van der Waals surface area contributed by atoms with E-state index in [-0.39, 0.29) is 206 Å². The van der Waals surface area contributed by atoms with Gasteiger partial charge in [-0.05, 0) is 6.92 Å². The number of hydrogen-bond donors (Lipinski definition) is 0. The number of carbonyl (C=O) groups excluding carboxylic acids is 1. The van der Waals surface area contributed by atoms with Crippen LogP contribution in [0, 0.1) is 61.4 Å². The van der Waals surface area contributed by atoms with Crippen LogP contribution >= 0.6 is 0 Å². The standard InChI is InChI=1S/C2H4O2.6CN.Fe.4K/c1-2(3)4;6*1-2;;;;;/h1H3,(H,3,4);;;;;;;;;;;/q;;;;;;;-3;4*+1/p-1. The van der Waals surface area contributed by atoms with E-state index >= 15 is 0 Å². The second-order valence-electron chi connectivity index (χ2n) is 2.29. The van der Waals surface area contributed by atoms with E-state index in [1.54, 1.807) is 0 Å². The van der Waals surface area contributed by atoms with E-state index in [1.165, 1.54) is 0 Å². The summed E-state index contributed by atoms with van der Waals surface area (Å²) in [4.78, 5) is 15.1. The number of carbonyl (C=O) groups is 1. The molecule has 0 spiro atoms. The molecule has 0 bridgehead atoms. The number of nitrogens with zero attached hydrogens (tertiary/aromatic N) is 6. The molecule has 0 aromatic heterocycles. The zero-order valence-corrected chi connectivity index (χ0v) is 25.9. The Hall–Kier alpha value is 3.47. The molecule has 0 atom stereocenters. The molecule has 0 fully saturated rings. The molecule has 0 amide bonds. The Morgan fingerprint density at radius 2 is 0.810 bits per heavy atom. The second kappa shape index (κ2) is 15.7. The first-order valence-electron chi connectivity index (χ1n) is 3.31. The number of nitriles is 6. The molecule has 0 aromatic carbocycles. The van der Waals surface area contributed by atoms with Gasteiger partial charge in [-0.25, -0.2) is 0 Å². The van der Waals surface area contributed by atoms with Crippen molar-refractivity contribution in [3.05, 3.63) is 0 Å². The molecule has 0 aliphatic heterocycles. The molecule has 0 unspecified atom stereocenters. The van der Waals surface area contributed by atoms with Crippen molar-refractivity contribution in [1.82, 2.24) is 0 Å². The number of carboxylic acid groups (broad SMARTS) is 1. The first-order valence-corrected chi connectivity index (χ1v) is 6.62. The summed E-state index contributed by atoms with van der Waals surface area (Å²) in [6, 6.07) is 0. The van der Waals surface area contributed by atoms with Crippen LogP contribution in [0.4, 0.5) is 0 Å². The molecule has 13 heteroatoms. The fourth-order valence-electron chi connectivity index (χ4n) is 0.265. The molecule has 89 valence electrons. The fraction of sp³-hybridized carbons (Fsp3) is 0.125. The number of carboxylic acids is 1. The zero-order valence-electron chi connectivity index (χ0n) is 12.4. The van der Waals surface area contributed by atoms with E-state index in [9.17, 15) is 0 Å². The predicted molar refractivity (Wildman–Crippen MR) is 44.4 cm³/mol. The second-order valence-corrected chi connectivity index (χ2v) is 7.91. The summed E-state index contributed by atoms with van der Waals surface area (Å²) >= 11 is 0. The zero-order chi connectivity index (χ0) is 14.2. The normalized spacial score (nSPS) is 9.48. The number of hydrogen-bond acceptors (Lipinski definition) is 8. The van der Waals surface area contributed by atoms with Crippen LogP contribution in [0.15, 0.2) is 0 Å². The minimum atomic E-state index is -6.17. The first kappa shape index (κ1) is 39.5. The molecule has 21 heavy (non-hydrogen) atoms. The minimum absolute atomic E-state index is 0. The third kappa shape index (κ3) is 9.66. The van der Waals surface area contributed by atoms with E-state index in [2.05, 4.69) is 0 Å². The van der Waals surface area contributed by atoms with Crippen molar-refractivity contribution in [1.29, 1.82) is 31.6 Å². The van der Waals surface area contributed by atoms with Crippen LogP contribution in [0.5, 0.6) is 0 Å². The van der Waals surface area contributed by atoms with Crippen LogP contribution in [0.1, 0.15) is 6.92 Å². The van der Waals surface area contributed by atoms with Crippen molar-refractivity contribution < 1.29 is 226 Å². The number of rotatable bonds is 0. The Morgan fingerprint density at radius 3 is 0.810 bits per heavy atom. The summed E-state index contributed by atoms with van der Waals surface area (Å²) in [7, 11) is -6.17. The van der Waals surface area contributed by atoms with Gasteiger partial charge in [0.15, 0.2) is 0 Å². The van der Waals surface area contributed by atoms with Gasteiger partial charge >= 0.3 is 278 Å². The average Bonchev–Trinajstić information content (AvgIpc) is 2.36. The third-order valence-electron chi connectivity index (χ3n) is 1.19. The van der Waals surface area contributed by atoms with E-state index in [4.69, 9.17) is 41.5 Å². The fourth-order valence-corrected chi connectivity index (χ4v) is 1.09. The molecule has 0 aromatic rings. The average molecular weight is 427 g/mol. The molecule has 0 radical (unpaired) electrons. The van der Waals surface area contributed by atoms with Crippen LogP contribution in [0.2, 0.25) is 0 Å². The molecular formula is C8H3FeK4N6O2. The van der Waals surface area contributed by atoms with Crippen LogP contribution < -0.4 is 211 Å². The predicted octanol–water partition coefficient (Wildman–Crippen LogP) is -13.1. The van der Waals surface area contributed by atoms with Gasteiger partial charge in [-0.2, -0.15) is 0 Å². The molecule has 0 aliphatic carbocycles. The van der Waals surface area contributed by atoms with E-state index in [1.807, 2.05) is 0 Å². The Morgan fingerprint density at radius 1 is 0.714 bits per heavy atom. The quantitative estimate of drug-likeness (QED) is 0.341. The van der Waals surface area contributed by atoms with Gasteiger partial charge < -0.3 is 9.90 Å². The Labute approximate surface area is 291 Å². The van der Waals surface area contributed by atoms with Gasteiger partial charge in [0.05, 0.1) is 0 Å². The van der Waals surface area contributed by atoms with Crippen molar-refractivity contribution >= 4 is 5.97 Å². The third-order valence-corrected chi connectivity index (χ3v) is 4.89. The van der Waals surface area contributed by atoms with Crippen molar-refractivity contribution in [2.45, 2.75) is 6.92 Å². The largest absolute Gasteiger partial charge is 1.00 e. The van der Waals surface area contributed by atoms with Gasteiger partial charge in [0.25, 0.3) is 0 Å². The summed E-state index contributed by atoms with van der Waals surface area (Å²) in [5.74, 6) is -1.08. The van der Waals surface area contributed by atoms with Crippen molar-refractivity contribution in [2.75, 3.05) is 0 Å². The summed E-state index contributed by atoms with van der Waals surface area (Å²) in [6.45, 7) is 0.972. The van der Waals surface area contributed by atoms with E-state index in [0.29, 0.717) is 0 Å². The van der Waals surface area contributed by atoms with Gasteiger partial charge in [0.2, 0.25) is 0 Å². The SMILES string of the molecule is CC(=O)[O-].N#[C][Fe-3]([C]#N)([C]#N)([C]#N)([C]#N)[C]#N.[K+].[K+].[K+].[K+]. The van der Waals surface area contributed by atoms with Crippen molar-refractivity contribution in [3.8, 4) is 29.8 Å². The van der Waals surface area contributed by atoms with Gasteiger partial charge in [-0.15, -0.1) is 0 Å². The Kier molecular flexibility index (Phi) is 29.6. The van der Waals surface area contributed by atoms with Crippen molar-refractivity contribution in [2.24, 2.45) is 0 Å².